The number of ether oxygens (including phenoxy) is 1. The number of rotatable bonds is 8. The lowest BCUT2D eigenvalue weighted by Gasteiger charge is -2.28. The molecule has 8 nitrogen and oxygen atoms in total. The Balaban J connectivity index is 1.29. The molecule has 33 heavy (non-hydrogen) atoms. The van der Waals surface area contributed by atoms with Crippen LogP contribution in [0, 0.1) is 0 Å². The first-order valence-corrected chi connectivity index (χ1v) is 10.7. The fourth-order valence-electron chi connectivity index (χ4n) is 3.32. The molecular weight excluding hydrogens is 414 g/mol. The Kier molecular flexibility index (Phi) is 7.29. The predicted molar refractivity (Wildman–Crippen MR) is 135 cm³/mol. The van der Waals surface area contributed by atoms with E-state index in [4.69, 9.17) is 10.5 Å². The van der Waals surface area contributed by atoms with Gasteiger partial charge >= 0.3 is 0 Å². The maximum Gasteiger partial charge on any atom is 0.227 e. The van der Waals surface area contributed by atoms with Crippen LogP contribution in [0.25, 0.3) is 5.70 Å². The van der Waals surface area contributed by atoms with Crippen molar-refractivity contribution >= 4 is 34.9 Å². The summed E-state index contributed by atoms with van der Waals surface area (Å²) in [5.74, 6) is 1.07. The molecule has 0 radical (unpaired) electrons. The van der Waals surface area contributed by atoms with Crippen LogP contribution in [0.1, 0.15) is 5.56 Å². The number of aromatic nitrogens is 2. The lowest BCUT2D eigenvalue weighted by molar-refractivity contribution is 0.122. The van der Waals surface area contributed by atoms with Gasteiger partial charge in [-0.05, 0) is 54.1 Å². The van der Waals surface area contributed by atoms with E-state index < -0.39 is 0 Å². The van der Waals surface area contributed by atoms with Crippen LogP contribution in [-0.2, 0) is 4.74 Å². The first-order chi connectivity index (χ1) is 16.2. The summed E-state index contributed by atoms with van der Waals surface area (Å²) in [6, 6.07) is 17.7. The summed E-state index contributed by atoms with van der Waals surface area (Å²) in [6.07, 6.45) is 6.76. The third kappa shape index (κ3) is 6.41. The number of aliphatic imine (C=N–C) groups is 1. The summed E-state index contributed by atoms with van der Waals surface area (Å²) in [5, 5.41) is 6.33. The molecule has 0 unspecified atom stereocenters. The average molecular weight is 442 g/mol. The van der Waals surface area contributed by atoms with Gasteiger partial charge in [0.1, 0.15) is 5.82 Å². The van der Waals surface area contributed by atoms with E-state index in [1.165, 1.54) is 5.69 Å². The van der Waals surface area contributed by atoms with Gasteiger partial charge in [0.25, 0.3) is 0 Å². The molecule has 1 aliphatic rings. The van der Waals surface area contributed by atoms with E-state index in [-0.39, 0.29) is 0 Å². The third-order valence-electron chi connectivity index (χ3n) is 5.06. The maximum atomic E-state index is 6.19. The van der Waals surface area contributed by atoms with Crippen molar-refractivity contribution in [1.82, 2.24) is 9.97 Å². The number of benzene rings is 2. The number of morpholine rings is 1. The minimum absolute atomic E-state index is 0.528. The highest BCUT2D eigenvalue weighted by Crippen LogP contribution is 2.20. The molecule has 168 valence electrons. The van der Waals surface area contributed by atoms with Gasteiger partial charge in [0.05, 0.1) is 13.2 Å². The van der Waals surface area contributed by atoms with Gasteiger partial charge in [0.15, 0.2) is 0 Å². The number of hydrogen-bond donors (Lipinski definition) is 3. The van der Waals surface area contributed by atoms with E-state index in [9.17, 15) is 0 Å². The Labute approximate surface area is 193 Å². The summed E-state index contributed by atoms with van der Waals surface area (Å²) < 4.78 is 5.40. The summed E-state index contributed by atoms with van der Waals surface area (Å²) in [4.78, 5) is 14.9. The van der Waals surface area contributed by atoms with Crippen LogP contribution >= 0.6 is 0 Å². The quantitative estimate of drug-likeness (QED) is 0.454. The van der Waals surface area contributed by atoms with E-state index in [2.05, 4.69) is 49.2 Å². The van der Waals surface area contributed by atoms with E-state index in [1.54, 1.807) is 30.8 Å². The van der Waals surface area contributed by atoms with Crippen molar-refractivity contribution in [1.29, 1.82) is 0 Å². The first kappa shape index (κ1) is 22.0. The van der Waals surface area contributed by atoms with Crippen molar-refractivity contribution in [3.05, 3.63) is 91.0 Å². The highest BCUT2D eigenvalue weighted by Gasteiger charge is 2.10. The molecule has 0 amide bonds. The van der Waals surface area contributed by atoms with Gasteiger partial charge in [0.2, 0.25) is 5.95 Å². The number of anilines is 4. The summed E-state index contributed by atoms with van der Waals surface area (Å²) >= 11 is 0. The minimum atomic E-state index is 0.528. The van der Waals surface area contributed by atoms with E-state index in [0.717, 1.165) is 43.2 Å². The standard InChI is InChI=1S/C25H27N7O/c1-19(30-21-7-9-23(10-8-21)32-15-17-33-18-16-32)27-14-11-24(26)20-3-5-22(6-4-20)31-25-28-12-2-13-29-25/h2-14,30H,1,15-18,26H2,(H,28,29,31)/b24-11-,27-14-. The molecule has 0 bridgehead atoms. The van der Waals surface area contributed by atoms with Crippen LogP contribution in [0.15, 0.2) is 90.5 Å². The molecule has 4 rings (SSSR count). The van der Waals surface area contributed by atoms with E-state index >= 15 is 0 Å². The van der Waals surface area contributed by atoms with Crippen molar-refractivity contribution in [2.75, 3.05) is 41.8 Å². The second-order valence-corrected chi connectivity index (χ2v) is 7.39. The largest absolute Gasteiger partial charge is 0.398 e. The SMILES string of the molecule is C=C(/N=C\C=C(/N)c1ccc(Nc2ncccn2)cc1)Nc1ccc(N2CCOCC2)cc1. The molecule has 0 aliphatic carbocycles. The molecule has 1 fully saturated rings. The summed E-state index contributed by atoms with van der Waals surface area (Å²) in [6.45, 7) is 7.33. The van der Waals surface area contributed by atoms with Gasteiger partial charge in [-0.1, -0.05) is 18.7 Å². The second kappa shape index (κ2) is 10.9. The summed E-state index contributed by atoms with van der Waals surface area (Å²) in [5.41, 5.74) is 10.7. The molecule has 1 aliphatic heterocycles. The Bertz CT molecular complexity index is 1100. The Morgan fingerprint density at radius 1 is 1.00 bits per heavy atom. The Hall–Kier alpha value is -4.17. The van der Waals surface area contributed by atoms with Gasteiger partial charge < -0.3 is 26.0 Å². The average Bonchev–Trinajstić information content (AvgIpc) is 2.86. The zero-order valence-electron chi connectivity index (χ0n) is 18.3. The summed E-state index contributed by atoms with van der Waals surface area (Å²) in [7, 11) is 0. The Morgan fingerprint density at radius 3 is 2.36 bits per heavy atom. The van der Waals surface area contributed by atoms with Crippen molar-refractivity contribution < 1.29 is 4.74 Å². The molecule has 0 atom stereocenters. The molecule has 0 saturated carbocycles. The van der Waals surface area contributed by atoms with Gasteiger partial charge in [0, 0.05) is 54.5 Å². The molecule has 1 saturated heterocycles. The van der Waals surface area contributed by atoms with Crippen LogP contribution in [0.3, 0.4) is 0 Å². The molecule has 3 aromatic rings. The monoisotopic (exact) mass is 441 g/mol. The zero-order valence-corrected chi connectivity index (χ0v) is 18.3. The van der Waals surface area contributed by atoms with Crippen LogP contribution in [-0.4, -0.2) is 42.5 Å². The zero-order chi connectivity index (χ0) is 22.9. The first-order valence-electron chi connectivity index (χ1n) is 10.7. The highest BCUT2D eigenvalue weighted by atomic mass is 16.5. The van der Waals surface area contributed by atoms with Crippen LogP contribution in [0.4, 0.5) is 23.0 Å². The normalized spacial score (nSPS) is 14.3. The van der Waals surface area contributed by atoms with Gasteiger partial charge in [-0.3, -0.25) is 0 Å². The number of nitrogens with two attached hydrogens (primary N) is 1. The van der Waals surface area contributed by atoms with Crippen molar-refractivity contribution in [3.63, 3.8) is 0 Å². The fourth-order valence-corrected chi connectivity index (χ4v) is 3.32. The molecule has 0 spiro atoms. The van der Waals surface area contributed by atoms with Gasteiger partial charge in [-0.15, -0.1) is 0 Å². The molecule has 4 N–H and O–H groups in total. The van der Waals surface area contributed by atoms with Crippen LogP contribution in [0.2, 0.25) is 0 Å². The second-order valence-electron chi connectivity index (χ2n) is 7.39. The maximum absolute atomic E-state index is 6.19. The van der Waals surface area contributed by atoms with Gasteiger partial charge in [-0.25, -0.2) is 15.0 Å². The molecule has 2 heterocycles. The minimum Gasteiger partial charge on any atom is -0.398 e. The van der Waals surface area contributed by atoms with Crippen molar-refractivity contribution in [3.8, 4) is 0 Å². The van der Waals surface area contributed by atoms with Crippen molar-refractivity contribution in [2.24, 2.45) is 10.7 Å². The number of hydrogen-bond acceptors (Lipinski definition) is 8. The smallest absolute Gasteiger partial charge is 0.227 e. The molecule has 8 heteroatoms. The van der Waals surface area contributed by atoms with Crippen molar-refractivity contribution in [2.45, 2.75) is 0 Å². The lowest BCUT2D eigenvalue weighted by atomic mass is 10.1. The number of allylic oxidation sites excluding steroid dienone is 1. The van der Waals surface area contributed by atoms with Crippen LogP contribution in [0.5, 0.6) is 0 Å². The number of nitrogens with one attached hydrogen (secondary N) is 2. The lowest BCUT2D eigenvalue weighted by Crippen LogP contribution is -2.36. The van der Waals surface area contributed by atoms with Crippen LogP contribution < -0.4 is 21.3 Å². The fraction of sp³-hybridized carbons (Fsp3) is 0.160. The molecular formula is C25H27N7O. The highest BCUT2D eigenvalue weighted by molar-refractivity contribution is 5.84. The third-order valence-corrected chi connectivity index (χ3v) is 5.06. The van der Waals surface area contributed by atoms with Gasteiger partial charge in [-0.2, -0.15) is 0 Å². The molecule has 2 aromatic carbocycles. The van der Waals surface area contributed by atoms with E-state index in [1.807, 2.05) is 36.4 Å². The topological polar surface area (TPSA) is 101 Å². The Morgan fingerprint density at radius 2 is 1.67 bits per heavy atom. The number of nitrogens with zero attached hydrogens (tertiary/aromatic N) is 4. The predicted octanol–water partition coefficient (Wildman–Crippen LogP) is 4.01. The van der Waals surface area contributed by atoms with E-state index in [0.29, 0.717) is 17.5 Å². The molecule has 1 aromatic heterocycles.